The molecule has 0 spiro atoms. The molecule has 1 aromatic carbocycles. The number of amides is 2. The fraction of sp³-hybridized carbons (Fsp3) is 0.500. The molecule has 1 N–H and O–H groups in total. The van der Waals surface area contributed by atoms with E-state index in [1.807, 2.05) is 17.0 Å². The molecule has 0 radical (unpaired) electrons. The maximum Gasteiger partial charge on any atom is 0.251 e. The molecule has 106 valence electrons. The van der Waals surface area contributed by atoms with Crippen LogP contribution in [-0.2, 0) is 11.2 Å². The molecule has 1 saturated carbocycles. The molecule has 2 amide bonds. The summed E-state index contributed by atoms with van der Waals surface area (Å²) in [6.07, 6.45) is 5.25. The zero-order chi connectivity index (χ0) is 14.1. The lowest BCUT2D eigenvalue weighted by atomic mass is 10.1. The van der Waals surface area contributed by atoms with E-state index in [0.29, 0.717) is 5.56 Å². The van der Waals surface area contributed by atoms with Gasteiger partial charge in [0.15, 0.2) is 0 Å². The topological polar surface area (TPSA) is 49.4 Å². The Bertz CT molecular complexity index is 547. The van der Waals surface area contributed by atoms with Crippen molar-refractivity contribution < 1.29 is 9.59 Å². The van der Waals surface area contributed by atoms with Crippen LogP contribution in [0.4, 0.5) is 5.69 Å². The summed E-state index contributed by atoms with van der Waals surface area (Å²) in [5.74, 6) is 0.405. The number of carbonyl (C=O) groups excluding carboxylic acids is 2. The van der Waals surface area contributed by atoms with E-state index in [-0.39, 0.29) is 17.7 Å². The maximum atomic E-state index is 12.5. The number of benzene rings is 1. The van der Waals surface area contributed by atoms with Crippen molar-refractivity contribution in [2.24, 2.45) is 5.92 Å². The highest BCUT2D eigenvalue weighted by Gasteiger charge is 2.31. The van der Waals surface area contributed by atoms with Crippen LogP contribution in [0.5, 0.6) is 0 Å². The molecular weight excluding hydrogens is 252 g/mol. The quantitative estimate of drug-likeness (QED) is 0.896. The first kappa shape index (κ1) is 13.2. The summed E-state index contributed by atoms with van der Waals surface area (Å²) < 4.78 is 0. The normalized spacial score (nSPS) is 18.1. The van der Waals surface area contributed by atoms with Crippen molar-refractivity contribution in [1.29, 1.82) is 0 Å². The molecule has 4 heteroatoms. The Hall–Kier alpha value is -1.84. The van der Waals surface area contributed by atoms with Crippen LogP contribution in [0.1, 0.15) is 41.6 Å². The third-order valence-corrected chi connectivity index (χ3v) is 4.43. The van der Waals surface area contributed by atoms with Gasteiger partial charge in [0.1, 0.15) is 0 Å². The summed E-state index contributed by atoms with van der Waals surface area (Å²) in [7, 11) is 1.63. The van der Waals surface area contributed by atoms with E-state index < -0.39 is 0 Å². The third kappa shape index (κ3) is 2.19. The number of anilines is 1. The number of hydrogen-bond acceptors (Lipinski definition) is 2. The summed E-state index contributed by atoms with van der Waals surface area (Å²) >= 11 is 0. The van der Waals surface area contributed by atoms with Crippen LogP contribution in [-0.4, -0.2) is 25.4 Å². The highest BCUT2D eigenvalue weighted by atomic mass is 16.2. The summed E-state index contributed by atoms with van der Waals surface area (Å²) in [4.78, 5) is 26.1. The zero-order valence-corrected chi connectivity index (χ0v) is 11.8. The molecule has 1 fully saturated rings. The number of rotatable bonds is 2. The van der Waals surface area contributed by atoms with Crippen molar-refractivity contribution >= 4 is 17.5 Å². The van der Waals surface area contributed by atoms with Gasteiger partial charge in [0.2, 0.25) is 5.91 Å². The fourth-order valence-electron chi connectivity index (χ4n) is 3.31. The van der Waals surface area contributed by atoms with Crippen LogP contribution < -0.4 is 10.2 Å². The van der Waals surface area contributed by atoms with Crippen LogP contribution in [0.15, 0.2) is 18.2 Å². The van der Waals surface area contributed by atoms with Gasteiger partial charge in [-0.2, -0.15) is 0 Å². The second-order valence-electron chi connectivity index (χ2n) is 5.64. The highest BCUT2D eigenvalue weighted by molar-refractivity contribution is 5.99. The van der Waals surface area contributed by atoms with Gasteiger partial charge >= 0.3 is 0 Å². The van der Waals surface area contributed by atoms with Crippen LogP contribution >= 0.6 is 0 Å². The van der Waals surface area contributed by atoms with Crippen molar-refractivity contribution in [3.63, 3.8) is 0 Å². The van der Waals surface area contributed by atoms with Crippen LogP contribution in [0, 0.1) is 5.92 Å². The molecule has 1 aliphatic heterocycles. The number of nitrogens with one attached hydrogen (secondary N) is 1. The van der Waals surface area contributed by atoms with Gasteiger partial charge in [0, 0.05) is 30.8 Å². The van der Waals surface area contributed by atoms with E-state index in [2.05, 4.69) is 5.32 Å². The highest BCUT2D eigenvalue weighted by Crippen LogP contribution is 2.33. The first-order valence-corrected chi connectivity index (χ1v) is 7.37. The molecule has 20 heavy (non-hydrogen) atoms. The van der Waals surface area contributed by atoms with Crippen LogP contribution in [0.2, 0.25) is 0 Å². The van der Waals surface area contributed by atoms with E-state index in [1.54, 1.807) is 13.1 Å². The van der Waals surface area contributed by atoms with Crippen LogP contribution in [0.25, 0.3) is 0 Å². The summed E-state index contributed by atoms with van der Waals surface area (Å²) in [6.45, 7) is 0.752. The molecule has 0 saturated heterocycles. The Morgan fingerprint density at radius 2 is 2.00 bits per heavy atom. The number of fused-ring (bicyclic) bond motifs is 1. The predicted octanol–water partition coefficient (Wildman–Crippen LogP) is 2.13. The lowest BCUT2D eigenvalue weighted by Gasteiger charge is -2.21. The van der Waals surface area contributed by atoms with Crippen molar-refractivity contribution in [1.82, 2.24) is 5.32 Å². The van der Waals surface area contributed by atoms with Gasteiger partial charge in [0.05, 0.1) is 0 Å². The van der Waals surface area contributed by atoms with E-state index >= 15 is 0 Å². The molecule has 3 rings (SSSR count). The van der Waals surface area contributed by atoms with E-state index in [4.69, 9.17) is 0 Å². The number of hydrogen-bond donors (Lipinski definition) is 1. The SMILES string of the molecule is CNC(=O)c1ccc2c(c1)CCN2C(=O)C1CCCC1. The average Bonchev–Trinajstić information content (AvgIpc) is 3.14. The first-order valence-electron chi connectivity index (χ1n) is 7.37. The molecule has 0 bridgehead atoms. The summed E-state index contributed by atoms with van der Waals surface area (Å²) in [5.41, 5.74) is 2.77. The molecule has 2 aliphatic rings. The average molecular weight is 272 g/mol. The minimum atomic E-state index is -0.0756. The maximum absolute atomic E-state index is 12.5. The number of carbonyl (C=O) groups is 2. The molecule has 1 heterocycles. The van der Waals surface area contributed by atoms with Gasteiger partial charge in [-0.3, -0.25) is 9.59 Å². The van der Waals surface area contributed by atoms with Crippen molar-refractivity contribution in [3.8, 4) is 0 Å². The molecule has 4 nitrogen and oxygen atoms in total. The van der Waals surface area contributed by atoms with Gasteiger partial charge in [-0.05, 0) is 43.0 Å². The smallest absolute Gasteiger partial charge is 0.251 e. The van der Waals surface area contributed by atoms with Gasteiger partial charge < -0.3 is 10.2 Å². The Kier molecular flexibility index (Phi) is 3.47. The van der Waals surface area contributed by atoms with Crippen LogP contribution in [0.3, 0.4) is 0 Å². The lowest BCUT2D eigenvalue weighted by Crippen LogP contribution is -2.33. The van der Waals surface area contributed by atoms with Crippen molar-refractivity contribution in [2.45, 2.75) is 32.1 Å². The second kappa shape index (κ2) is 5.27. The Balaban J connectivity index is 1.83. The lowest BCUT2D eigenvalue weighted by molar-refractivity contribution is -0.122. The monoisotopic (exact) mass is 272 g/mol. The summed E-state index contributed by atoms with van der Waals surface area (Å²) in [5, 5.41) is 2.63. The predicted molar refractivity (Wildman–Crippen MR) is 77.8 cm³/mol. The zero-order valence-electron chi connectivity index (χ0n) is 11.8. The minimum Gasteiger partial charge on any atom is -0.355 e. The molecule has 0 atom stereocenters. The molecule has 1 aromatic rings. The van der Waals surface area contributed by atoms with Gasteiger partial charge in [-0.15, -0.1) is 0 Å². The standard InChI is InChI=1S/C16H20N2O2/c1-17-15(19)13-6-7-14-12(10-13)8-9-18(14)16(20)11-4-2-3-5-11/h6-7,10-11H,2-5,8-9H2,1H3,(H,17,19). The first-order chi connectivity index (χ1) is 9.70. The third-order valence-electron chi connectivity index (χ3n) is 4.43. The molecule has 0 aromatic heterocycles. The van der Waals surface area contributed by atoms with Gasteiger partial charge in [-0.25, -0.2) is 0 Å². The Morgan fingerprint density at radius 3 is 2.70 bits per heavy atom. The second-order valence-corrected chi connectivity index (χ2v) is 5.64. The van der Waals surface area contributed by atoms with E-state index in [9.17, 15) is 9.59 Å². The Labute approximate surface area is 119 Å². The van der Waals surface area contributed by atoms with E-state index in [0.717, 1.165) is 37.1 Å². The van der Waals surface area contributed by atoms with Gasteiger partial charge in [-0.1, -0.05) is 12.8 Å². The minimum absolute atomic E-state index is 0.0756. The van der Waals surface area contributed by atoms with Crippen molar-refractivity contribution in [3.05, 3.63) is 29.3 Å². The fourth-order valence-corrected chi connectivity index (χ4v) is 3.31. The molecule has 1 aliphatic carbocycles. The largest absolute Gasteiger partial charge is 0.355 e. The Morgan fingerprint density at radius 1 is 1.25 bits per heavy atom. The van der Waals surface area contributed by atoms with E-state index in [1.165, 1.54) is 12.8 Å². The van der Waals surface area contributed by atoms with Crippen molar-refractivity contribution in [2.75, 3.05) is 18.5 Å². The summed E-state index contributed by atoms with van der Waals surface area (Å²) in [6, 6.07) is 5.63. The molecule has 0 unspecified atom stereocenters. The molecular formula is C16H20N2O2. The number of nitrogens with zero attached hydrogens (tertiary/aromatic N) is 1. The van der Waals surface area contributed by atoms with Gasteiger partial charge in [0.25, 0.3) is 5.91 Å².